The number of thiazole rings is 1. The van der Waals surface area contributed by atoms with E-state index in [-0.39, 0.29) is 12.1 Å². The molecule has 0 radical (unpaired) electrons. The van der Waals surface area contributed by atoms with Crippen LogP contribution in [0.4, 0.5) is 15.7 Å². The van der Waals surface area contributed by atoms with E-state index >= 15 is 0 Å². The predicted molar refractivity (Wildman–Crippen MR) is 111 cm³/mol. The molecule has 1 aliphatic rings. The number of nitrogens with zero attached hydrogens (tertiary/aromatic N) is 4. The Bertz CT molecular complexity index is 991. The molecule has 0 aliphatic carbocycles. The van der Waals surface area contributed by atoms with Crippen molar-refractivity contribution in [1.82, 2.24) is 14.9 Å². The zero-order valence-corrected chi connectivity index (χ0v) is 16.7. The van der Waals surface area contributed by atoms with Crippen LogP contribution in [-0.4, -0.2) is 46.6 Å². The maximum Gasteiger partial charge on any atom is 0.324 e. The van der Waals surface area contributed by atoms with Crippen LogP contribution < -0.4 is 10.2 Å². The van der Waals surface area contributed by atoms with E-state index in [4.69, 9.17) is 11.6 Å². The van der Waals surface area contributed by atoms with Crippen LogP contribution >= 0.6 is 22.9 Å². The summed E-state index contributed by atoms with van der Waals surface area (Å²) >= 11 is 7.45. The number of pyridine rings is 1. The van der Waals surface area contributed by atoms with Gasteiger partial charge < -0.3 is 9.80 Å². The number of urea groups is 1. The highest BCUT2D eigenvalue weighted by Crippen LogP contribution is 2.29. The van der Waals surface area contributed by atoms with Crippen molar-refractivity contribution in [3.8, 4) is 0 Å². The van der Waals surface area contributed by atoms with Crippen molar-refractivity contribution >= 4 is 50.1 Å². The number of rotatable bonds is 2. The van der Waals surface area contributed by atoms with Crippen molar-refractivity contribution in [2.75, 3.05) is 29.9 Å². The SMILES string of the molecule is Cc1cccnc1N1CCN(C(=O)Nc2nc3ccc(Cl)cc3s2)[C@H](C)C1. The van der Waals surface area contributed by atoms with E-state index < -0.39 is 0 Å². The van der Waals surface area contributed by atoms with Gasteiger partial charge in [-0.1, -0.05) is 29.0 Å². The van der Waals surface area contributed by atoms with E-state index in [2.05, 4.69) is 40.1 Å². The van der Waals surface area contributed by atoms with Crippen molar-refractivity contribution in [3.05, 3.63) is 47.1 Å². The Hall–Kier alpha value is -2.38. The van der Waals surface area contributed by atoms with Crippen LogP contribution in [0.5, 0.6) is 0 Å². The van der Waals surface area contributed by atoms with Crippen LogP contribution in [0.3, 0.4) is 0 Å². The van der Waals surface area contributed by atoms with Gasteiger partial charge >= 0.3 is 6.03 Å². The molecule has 140 valence electrons. The molecule has 8 heteroatoms. The lowest BCUT2D eigenvalue weighted by Crippen LogP contribution is -2.55. The molecular formula is C19H20ClN5OS. The quantitative estimate of drug-likeness (QED) is 0.691. The Morgan fingerprint density at radius 1 is 1.33 bits per heavy atom. The number of nitrogens with one attached hydrogen (secondary N) is 1. The molecule has 1 aromatic carbocycles. The molecular weight excluding hydrogens is 382 g/mol. The van der Waals surface area contributed by atoms with Gasteiger partial charge in [0.15, 0.2) is 5.13 Å². The molecule has 2 amide bonds. The van der Waals surface area contributed by atoms with Gasteiger partial charge in [-0.25, -0.2) is 14.8 Å². The second-order valence-corrected chi connectivity index (χ2v) is 8.16. The maximum absolute atomic E-state index is 12.8. The van der Waals surface area contributed by atoms with Gasteiger partial charge in [-0.15, -0.1) is 0 Å². The van der Waals surface area contributed by atoms with E-state index in [0.717, 1.165) is 34.7 Å². The summed E-state index contributed by atoms with van der Waals surface area (Å²) in [7, 11) is 0. The number of fused-ring (bicyclic) bond motifs is 1. The van der Waals surface area contributed by atoms with Gasteiger partial charge in [-0.3, -0.25) is 5.32 Å². The molecule has 1 fully saturated rings. The first-order valence-electron chi connectivity index (χ1n) is 8.81. The number of anilines is 2. The van der Waals surface area contributed by atoms with Crippen LogP contribution in [0, 0.1) is 6.92 Å². The lowest BCUT2D eigenvalue weighted by molar-refractivity contribution is 0.184. The number of hydrogen-bond donors (Lipinski definition) is 1. The molecule has 0 unspecified atom stereocenters. The van der Waals surface area contributed by atoms with E-state index in [1.165, 1.54) is 11.3 Å². The number of piperazine rings is 1. The third-order valence-corrected chi connectivity index (χ3v) is 5.90. The second-order valence-electron chi connectivity index (χ2n) is 6.69. The second kappa shape index (κ2) is 7.32. The lowest BCUT2D eigenvalue weighted by Gasteiger charge is -2.40. The molecule has 3 heterocycles. The standard InChI is InChI=1S/C19H20ClN5OS/c1-12-4-3-7-21-17(12)24-8-9-25(13(2)11-24)19(26)23-18-22-15-6-5-14(20)10-16(15)27-18/h3-7,10,13H,8-9,11H2,1-2H3,(H,22,23,26)/t13-/m1/s1. The first kappa shape index (κ1) is 18.0. The molecule has 1 N–H and O–H groups in total. The highest BCUT2D eigenvalue weighted by Gasteiger charge is 2.29. The Balaban J connectivity index is 1.44. The van der Waals surface area contributed by atoms with Gasteiger partial charge in [0.2, 0.25) is 0 Å². The lowest BCUT2D eigenvalue weighted by atomic mass is 10.1. The predicted octanol–water partition coefficient (Wildman–Crippen LogP) is 4.40. The number of halogens is 1. The molecule has 0 saturated carbocycles. The number of amides is 2. The highest BCUT2D eigenvalue weighted by molar-refractivity contribution is 7.22. The molecule has 1 atom stereocenters. The van der Waals surface area contributed by atoms with Gasteiger partial charge in [-0.2, -0.15) is 0 Å². The molecule has 1 saturated heterocycles. The number of carbonyl (C=O) groups is 1. The molecule has 0 bridgehead atoms. The van der Waals surface area contributed by atoms with E-state index in [1.807, 2.05) is 29.3 Å². The average Bonchev–Trinajstić information content (AvgIpc) is 3.03. The van der Waals surface area contributed by atoms with Gasteiger partial charge in [0.25, 0.3) is 0 Å². The molecule has 2 aromatic heterocycles. The number of aryl methyl sites for hydroxylation is 1. The van der Waals surface area contributed by atoms with Gasteiger partial charge in [-0.05, 0) is 43.7 Å². The summed E-state index contributed by atoms with van der Waals surface area (Å²) < 4.78 is 0.960. The Morgan fingerprint density at radius 3 is 2.96 bits per heavy atom. The van der Waals surface area contributed by atoms with Crippen LogP contribution in [-0.2, 0) is 0 Å². The maximum atomic E-state index is 12.8. The summed E-state index contributed by atoms with van der Waals surface area (Å²) in [6.45, 7) is 6.26. The highest BCUT2D eigenvalue weighted by atomic mass is 35.5. The van der Waals surface area contributed by atoms with Crippen molar-refractivity contribution in [1.29, 1.82) is 0 Å². The van der Waals surface area contributed by atoms with Crippen LogP contribution in [0.15, 0.2) is 36.5 Å². The van der Waals surface area contributed by atoms with Crippen molar-refractivity contribution in [3.63, 3.8) is 0 Å². The molecule has 4 rings (SSSR count). The van der Waals surface area contributed by atoms with Crippen molar-refractivity contribution in [2.24, 2.45) is 0 Å². The number of benzene rings is 1. The first-order chi connectivity index (χ1) is 13.0. The summed E-state index contributed by atoms with van der Waals surface area (Å²) in [4.78, 5) is 25.8. The number of hydrogen-bond acceptors (Lipinski definition) is 5. The topological polar surface area (TPSA) is 61.4 Å². The van der Waals surface area contributed by atoms with Gasteiger partial charge in [0, 0.05) is 36.9 Å². The fourth-order valence-electron chi connectivity index (χ4n) is 3.38. The van der Waals surface area contributed by atoms with E-state index in [0.29, 0.717) is 16.7 Å². The van der Waals surface area contributed by atoms with E-state index in [1.54, 1.807) is 6.07 Å². The molecule has 6 nitrogen and oxygen atoms in total. The third-order valence-electron chi connectivity index (χ3n) is 4.73. The van der Waals surface area contributed by atoms with Crippen molar-refractivity contribution < 1.29 is 4.79 Å². The summed E-state index contributed by atoms with van der Waals surface area (Å²) in [5.41, 5.74) is 1.99. The smallest absolute Gasteiger partial charge is 0.324 e. The normalized spacial score (nSPS) is 17.4. The molecule has 0 spiro atoms. The first-order valence-corrected chi connectivity index (χ1v) is 10.0. The van der Waals surface area contributed by atoms with Gasteiger partial charge in [0.05, 0.1) is 10.2 Å². The van der Waals surface area contributed by atoms with E-state index in [9.17, 15) is 4.79 Å². The zero-order valence-electron chi connectivity index (χ0n) is 15.1. The summed E-state index contributed by atoms with van der Waals surface area (Å²) in [6.07, 6.45) is 1.81. The molecule has 3 aromatic rings. The minimum atomic E-state index is -0.120. The number of aromatic nitrogens is 2. The molecule has 27 heavy (non-hydrogen) atoms. The Morgan fingerprint density at radius 2 is 2.19 bits per heavy atom. The fraction of sp³-hybridized carbons (Fsp3) is 0.316. The fourth-order valence-corrected chi connectivity index (χ4v) is 4.51. The molecule has 1 aliphatic heterocycles. The van der Waals surface area contributed by atoms with Crippen molar-refractivity contribution in [2.45, 2.75) is 19.9 Å². The zero-order chi connectivity index (χ0) is 19.0. The Labute approximate surface area is 166 Å². The third kappa shape index (κ3) is 3.70. The summed E-state index contributed by atoms with van der Waals surface area (Å²) in [5, 5.41) is 4.19. The largest absolute Gasteiger partial charge is 0.353 e. The number of carbonyl (C=O) groups excluding carboxylic acids is 1. The monoisotopic (exact) mass is 401 g/mol. The van der Waals surface area contributed by atoms with Gasteiger partial charge in [0.1, 0.15) is 5.82 Å². The average molecular weight is 402 g/mol. The minimum Gasteiger partial charge on any atom is -0.353 e. The Kier molecular flexibility index (Phi) is 4.88. The van der Waals surface area contributed by atoms with Crippen LogP contribution in [0.25, 0.3) is 10.2 Å². The summed E-state index contributed by atoms with van der Waals surface area (Å²) in [5.74, 6) is 0.993. The summed E-state index contributed by atoms with van der Waals surface area (Å²) in [6, 6.07) is 9.48. The van der Waals surface area contributed by atoms with Crippen LogP contribution in [0.1, 0.15) is 12.5 Å². The van der Waals surface area contributed by atoms with Crippen LogP contribution in [0.2, 0.25) is 5.02 Å². The minimum absolute atomic E-state index is 0.0731.